The van der Waals surface area contributed by atoms with Gasteiger partial charge in [0.05, 0.1) is 0 Å². The average Bonchev–Trinajstić information content (AvgIpc) is 3.27. The summed E-state index contributed by atoms with van der Waals surface area (Å²) in [5.74, 6) is 0. The van der Waals surface area contributed by atoms with Crippen molar-refractivity contribution in [3.05, 3.63) is 218 Å². The van der Waals surface area contributed by atoms with Gasteiger partial charge in [0, 0.05) is 24.8 Å². The fourth-order valence-corrected chi connectivity index (χ4v) is 7.85. The lowest BCUT2D eigenvalue weighted by Crippen LogP contribution is -1.96. The van der Waals surface area contributed by atoms with Crippen LogP contribution in [0.5, 0.6) is 0 Å². The molecule has 0 fully saturated rings. The smallest absolute Gasteiger partial charge is 0.0273 e. The summed E-state index contributed by atoms with van der Waals surface area (Å²) in [7, 11) is 0. The third-order valence-corrected chi connectivity index (χ3v) is 10.8. The summed E-state index contributed by atoms with van der Waals surface area (Å²) < 4.78 is 0. The van der Waals surface area contributed by atoms with Crippen LogP contribution >= 0.6 is 0 Å². The molecule has 0 aliphatic rings. The van der Waals surface area contributed by atoms with Crippen molar-refractivity contribution in [1.29, 1.82) is 0 Å². The molecular weight excluding hydrogens is 677 g/mol. The van der Waals surface area contributed by atoms with E-state index in [1.54, 1.807) is 0 Å². The van der Waals surface area contributed by atoms with Gasteiger partial charge in [-0.15, -0.1) is 0 Å². The van der Waals surface area contributed by atoms with E-state index in [-0.39, 0.29) is 0 Å². The second kappa shape index (κ2) is 15.3. The zero-order valence-electron chi connectivity index (χ0n) is 31.5. The summed E-state index contributed by atoms with van der Waals surface area (Å²) in [6.45, 7) is 4.48. The largest absolute Gasteiger partial charge is 0.265 e. The number of aromatic nitrogens is 2. The van der Waals surface area contributed by atoms with E-state index in [0.29, 0.717) is 0 Å². The van der Waals surface area contributed by atoms with Crippen LogP contribution in [-0.4, -0.2) is 9.97 Å². The Hall–Kier alpha value is -7.16. The molecule has 56 heavy (non-hydrogen) atoms. The van der Waals surface area contributed by atoms with Crippen LogP contribution in [0.3, 0.4) is 0 Å². The van der Waals surface area contributed by atoms with Crippen LogP contribution < -0.4 is 0 Å². The minimum atomic E-state index is 1.15. The van der Waals surface area contributed by atoms with Crippen molar-refractivity contribution in [3.8, 4) is 89.0 Å². The molecule has 0 aliphatic carbocycles. The summed E-state index contributed by atoms with van der Waals surface area (Å²) in [5, 5.41) is 0. The lowest BCUT2D eigenvalue weighted by molar-refractivity contribution is 1.33. The van der Waals surface area contributed by atoms with Gasteiger partial charge < -0.3 is 0 Å². The number of rotatable bonds is 8. The van der Waals surface area contributed by atoms with Gasteiger partial charge in [0.15, 0.2) is 0 Å². The van der Waals surface area contributed by atoms with E-state index in [0.717, 1.165) is 11.1 Å². The van der Waals surface area contributed by atoms with Crippen LogP contribution in [0.1, 0.15) is 11.1 Å². The predicted octanol–water partition coefficient (Wildman–Crippen LogP) is 14.4. The molecule has 0 saturated heterocycles. The quantitative estimate of drug-likeness (QED) is 0.156. The van der Waals surface area contributed by atoms with Crippen LogP contribution in [0.4, 0.5) is 0 Å². The number of benzene rings is 7. The Kier molecular flexibility index (Phi) is 9.45. The molecule has 0 N–H and O–H groups in total. The molecule has 2 nitrogen and oxygen atoms in total. The highest BCUT2D eigenvalue weighted by Crippen LogP contribution is 2.45. The number of nitrogens with zero attached hydrogens (tertiary/aromatic N) is 2. The Balaban J connectivity index is 1.26. The van der Waals surface area contributed by atoms with Crippen molar-refractivity contribution in [2.24, 2.45) is 0 Å². The molecule has 2 aromatic heterocycles. The van der Waals surface area contributed by atoms with Crippen LogP contribution in [0.15, 0.2) is 207 Å². The van der Waals surface area contributed by atoms with E-state index in [1.807, 2.05) is 24.8 Å². The molecule has 2 heteroatoms. The van der Waals surface area contributed by atoms with E-state index >= 15 is 0 Å². The molecule has 7 aromatic carbocycles. The van der Waals surface area contributed by atoms with Gasteiger partial charge in [-0.25, -0.2) is 0 Å². The van der Waals surface area contributed by atoms with E-state index in [9.17, 15) is 0 Å². The maximum absolute atomic E-state index is 4.23. The molecule has 266 valence electrons. The minimum Gasteiger partial charge on any atom is -0.265 e. The van der Waals surface area contributed by atoms with Crippen LogP contribution in [0, 0.1) is 13.8 Å². The first-order valence-corrected chi connectivity index (χ1v) is 19.1. The second-order valence-electron chi connectivity index (χ2n) is 14.4. The van der Waals surface area contributed by atoms with Crippen molar-refractivity contribution in [1.82, 2.24) is 9.97 Å². The standard InChI is InChI=1S/C54H40N2/c1-37-33-47(39-9-5-3-6-10-39)21-23-49(37)53-36-54(50-24-22-48(34-38(50)2)40-11-7-4-8-12-40)52(46-19-15-42(16-20-46)44-27-31-56-32-28-44)35-51(53)45-17-13-41(14-18-45)43-25-29-55-30-26-43/h3-36H,1-2H3. The maximum Gasteiger partial charge on any atom is 0.0273 e. The van der Waals surface area contributed by atoms with Gasteiger partial charge in [-0.1, -0.05) is 146 Å². The summed E-state index contributed by atoms with van der Waals surface area (Å²) in [4.78, 5) is 8.47. The van der Waals surface area contributed by atoms with Gasteiger partial charge >= 0.3 is 0 Å². The normalized spacial score (nSPS) is 11.0. The van der Waals surface area contributed by atoms with Gasteiger partial charge in [0.25, 0.3) is 0 Å². The SMILES string of the molecule is Cc1cc(-c2ccccc2)ccc1-c1cc(-c2ccc(-c3ccccc3)cc2C)c(-c2ccc(-c3ccncc3)cc2)cc1-c1ccc(-c2ccncc2)cc1. The molecule has 0 radical (unpaired) electrons. The zero-order valence-corrected chi connectivity index (χ0v) is 31.5. The Morgan fingerprint density at radius 2 is 0.536 bits per heavy atom. The third kappa shape index (κ3) is 6.97. The molecule has 0 aliphatic heterocycles. The fourth-order valence-electron chi connectivity index (χ4n) is 7.85. The Morgan fingerprint density at radius 1 is 0.232 bits per heavy atom. The van der Waals surface area contributed by atoms with E-state index in [4.69, 9.17) is 0 Å². The van der Waals surface area contributed by atoms with E-state index < -0.39 is 0 Å². The van der Waals surface area contributed by atoms with Crippen LogP contribution in [0.2, 0.25) is 0 Å². The zero-order chi connectivity index (χ0) is 37.8. The Labute approximate surface area is 329 Å². The van der Waals surface area contributed by atoms with Gasteiger partial charge in [-0.05, 0) is 150 Å². The molecule has 2 heterocycles. The minimum absolute atomic E-state index is 1.15. The van der Waals surface area contributed by atoms with Gasteiger partial charge in [0.1, 0.15) is 0 Å². The first-order valence-electron chi connectivity index (χ1n) is 19.1. The lowest BCUT2D eigenvalue weighted by atomic mass is 9.82. The molecule has 0 unspecified atom stereocenters. The van der Waals surface area contributed by atoms with Crippen LogP contribution in [0.25, 0.3) is 89.0 Å². The van der Waals surface area contributed by atoms with Crippen molar-refractivity contribution < 1.29 is 0 Å². The van der Waals surface area contributed by atoms with Crippen molar-refractivity contribution in [3.63, 3.8) is 0 Å². The van der Waals surface area contributed by atoms with Gasteiger partial charge in [0.2, 0.25) is 0 Å². The lowest BCUT2D eigenvalue weighted by Gasteiger charge is -2.21. The highest BCUT2D eigenvalue weighted by molar-refractivity contribution is 5.97. The molecule has 0 bridgehead atoms. The molecule has 0 atom stereocenters. The average molecular weight is 717 g/mol. The Morgan fingerprint density at radius 3 is 0.911 bits per heavy atom. The first kappa shape index (κ1) is 34.6. The van der Waals surface area contributed by atoms with E-state index in [2.05, 4.69) is 206 Å². The highest BCUT2D eigenvalue weighted by Gasteiger charge is 2.19. The summed E-state index contributed by atoms with van der Waals surface area (Å²) >= 11 is 0. The fraction of sp³-hybridized carbons (Fsp3) is 0.0370. The second-order valence-corrected chi connectivity index (χ2v) is 14.4. The molecular formula is C54H40N2. The van der Waals surface area contributed by atoms with Crippen molar-refractivity contribution in [2.45, 2.75) is 13.8 Å². The van der Waals surface area contributed by atoms with Crippen molar-refractivity contribution in [2.75, 3.05) is 0 Å². The molecule has 9 rings (SSSR count). The van der Waals surface area contributed by atoms with Crippen LogP contribution in [-0.2, 0) is 0 Å². The number of aryl methyl sites for hydroxylation is 2. The van der Waals surface area contributed by atoms with Gasteiger partial charge in [-0.2, -0.15) is 0 Å². The number of pyridine rings is 2. The topological polar surface area (TPSA) is 25.8 Å². The summed E-state index contributed by atoms with van der Waals surface area (Å²) in [6, 6.07) is 66.1. The molecule has 0 saturated carbocycles. The predicted molar refractivity (Wildman–Crippen MR) is 235 cm³/mol. The summed E-state index contributed by atoms with van der Waals surface area (Å²) in [5.41, 5.74) is 21.5. The molecule has 0 amide bonds. The van der Waals surface area contributed by atoms with Crippen molar-refractivity contribution >= 4 is 0 Å². The Bertz CT molecular complexity index is 2570. The molecule has 9 aromatic rings. The highest BCUT2D eigenvalue weighted by atomic mass is 14.6. The van der Waals surface area contributed by atoms with Gasteiger partial charge in [-0.3, -0.25) is 9.97 Å². The monoisotopic (exact) mass is 716 g/mol. The number of hydrogen-bond acceptors (Lipinski definition) is 2. The van der Waals surface area contributed by atoms with E-state index in [1.165, 1.54) is 89.0 Å². The third-order valence-electron chi connectivity index (χ3n) is 10.8. The first-order chi connectivity index (χ1) is 27.6. The summed E-state index contributed by atoms with van der Waals surface area (Å²) in [6.07, 6.45) is 7.40. The molecule has 0 spiro atoms. The maximum atomic E-state index is 4.23. The number of hydrogen-bond donors (Lipinski definition) is 0.